The summed E-state index contributed by atoms with van der Waals surface area (Å²) in [5.74, 6) is 0.0934. The van der Waals surface area contributed by atoms with E-state index in [1.54, 1.807) is 6.26 Å². The van der Waals surface area contributed by atoms with Gasteiger partial charge in [0.2, 0.25) is 0 Å². The Labute approximate surface area is 178 Å². The molecule has 3 rings (SSSR count). The second kappa shape index (κ2) is 10.8. The summed E-state index contributed by atoms with van der Waals surface area (Å²) in [4.78, 5) is 28.9. The molecule has 0 unspecified atom stereocenters. The Hall–Kier alpha value is -2.80. The van der Waals surface area contributed by atoms with Crippen LogP contribution in [-0.4, -0.2) is 56.0 Å². The molecule has 2 N–H and O–H groups in total. The van der Waals surface area contributed by atoms with Crippen LogP contribution in [0.15, 0.2) is 53.1 Å². The number of rotatable bonds is 8. The van der Waals surface area contributed by atoms with E-state index in [1.807, 2.05) is 18.2 Å². The second-order valence-electron chi connectivity index (χ2n) is 8.04. The van der Waals surface area contributed by atoms with E-state index >= 15 is 0 Å². The fraction of sp³-hybridized carbons (Fsp3) is 0.478. The third-order valence-corrected chi connectivity index (χ3v) is 5.42. The van der Waals surface area contributed by atoms with Gasteiger partial charge in [0.25, 0.3) is 0 Å². The minimum atomic E-state index is -0.599. The first kappa shape index (κ1) is 21.9. The lowest BCUT2D eigenvalue weighted by atomic mass is 10.1. The number of anilines is 1. The highest BCUT2D eigenvalue weighted by Gasteiger charge is 2.28. The molecule has 1 atom stereocenters. The van der Waals surface area contributed by atoms with E-state index in [0.717, 1.165) is 38.4 Å². The van der Waals surface area contributed by atoms with Crippen LogP contribution in [-0.2, 0) is 9.59 Å². The molecular formula is C23H32N4O3. The summed E-state index contributed by atoms with van der Waals surface area (Å²) in [6.07, 6.45) is 2.49. The fourth-order valence-corrected chi connectivity index (χ4v) is 3.65. The molecule has 0 aliphatic carbocycles. The van der Waals surface area contributed by atoms with Crippen LogP contribution in [0, 0.1) is 5.92 Å². The Bertz CT molecular complexity index is 784. The Balaban J connectivity index is 1.54. The normalized spacial score (nSPS) is 15.8. The molecule has 30 heavy (non-hydrogen) atoms. The lowest BCUT2D eigenvalue weighted by Crippen LogP contribution is -2.50. The van der Waals surface area contributed by atoms with Crippen molar-refractivity contribution in [2.24, 2.45) is 5.92 Å². The van der Waals surface area contributed by atoms with Gasteiger partial charge in [0.05, 0.1) is 12.3 Å². The summed E-state index contributed by atoms with van der Waals surface area (Å²) in [6, 6.07) is 14.0. The third kappa shape index (κ3) is 6.10. The maximum absolute atomic E-state index is 12.2. The van der Waals surface area contributed by atoms with Crippen LogP contribution in [0.3, 0.4) is 0 Å². The van der Waals surface area contributed by atoms with E-state index in [4.69, 9.17) is 4.42 Å². The molecule has 0 radical (unpaired) electrons. The van der Waals surface area contributed by atoms with Crippen LogP contribution in [0.1, 0.15) is 32.1 Å². The molecule has 7 nitrogen and oxygen atoms in total. The first-order valence-corrected chi connectivity index (χ1v) is 10.7. The summed E-state index contributed by atoms with van der Waals surface area (Å²) in [7, 11) is 0. The number of hydrogen-bond donors (Lipinski definition) is 2. The Morgan fingerprint density at radius 2 is 1.67 bits per heavy atom. The Kier molecular flexibility index (Phi) is 7.90. The molecule has 0 spiro atoms. The molecule has 1 aromatic carbocycles. The highest BCUT2D eigenvalue weighted by Crippen LogP contribution is 2.24. The van der Waals surface area contributed by atoms with Gasteiger partial charge in [-0.05, 0) is 36.6 Å². The van der Waals surface area contributed by atoms with Crippen molar-refractivity contribution < 1.29 is 14.0 Å². The molecule has 2 amide bonds. The average Bonchev–Trinajstić information content (AvgIpc) is 3.29. The van der Waals surface area contributed by atoms with Crippen LogP contribution in [0.4, 0.5) is 5.69 Å². The number of benzene rings is 1. The van der Waals surface area contributed by atoms with Gasteiger partial charge >= 0.3 is 11.8 Å². The number of carbonyl (C=O) groups excluding carboxylic acids is 2. The lowest BCUT2D eigenvalue weighted by molar-refractivity contribution is -0.139. The van der Waals surface area contributed by atoms with Crippen LogP contribution in [0.25, 0.3) is 0 Å². The van der Waals surface area contributed by atoms with Crippen molar-refractivity contribution >= 4 is 17.5 Å². The van der Waals surface area contributed by atoms with Gasteiger partial charge in [0, 0.05) is 45.0 Å². The van der Waals surface area contributed by atoms with Crippen LogP contribution in [0.2, 0.25) is 0 Å². The number of hydrogen-bond acceptors (Lipinski definition) is 5. The van der Waals surface area contributed by atoms with Crippen LogP contribution >= 0.6 is 0 Å². The number of nitrogens with zero attached hydrogens (tertiary/aromatic N) is 2. The maximum Gasteiger partial charge on any atom is 0.309 e. The minimum absolute atomic E-state index is 0.106. The van der Waals surface area contributed by atoms with Crippen molar-refractivity contribution in [2.45, 2.75) is 26.3 Å². The number of para-hydroxylation sites is 1. The van der Waals surface area contributed by atoms with Gasteiger partial charge < -0.3 is 20.0 Å². The maximum atomic E-state index is 12.2. The van der Waals surface area contributed by atoms with Crippen LogP contribution in [0.5, 0.6) is 0 Å². The average molecular weight is 413 g/mol. The van der Waals surface area contributed by atoms with E-state index in [1.165, 1.54) is 5.69 Å². The summed E-state index contributed by atoms with van der Waals surface area (Å²) in [5.41, 5.74) is 1.22. The van der Waals surface area contributed by atoms with E-state index in [2.05, 4.69) is 58.5 Å². The molecular weight excluding hydrogens is 380 g/mol. The number of amides is 2. The van der Waals surface area contributed by atoms with E-state index in [-0.39, 0.29) is 6.04 Å². The molecule has 2 aromatic rings. The van der Waals surface area contributed by atoms with Gasteiger partial charge in [-0.1, -0.05) is 32.0 Å². The molecule has 1 aromatic heterocycles. The van der Waals surface area contributed by atoms with Crippen molar-refractivity contribution in [3.05, 3.63) is 54.5 Å². The molecule has 1 fully saturated rings. The zero-order valence-electron chi connectivity index (χ0n) is 17.8. The zero-order valence-corrected chi connectivity index (χ0v) is 17.8. The monoisotopic (exact) mass is 412 g/mol. The molecule has 2 heterocycles. The van der Waals surface area contributed by atoms with E-state index in [0.29, 0.717) is 19.0 Å². The molecule has 7 heteroatoms. The second-order valence-corrected chi connectivity index (χ2v) is 8.04. The zero-order chi connectivity index (χ0) is 21.3. The van der Waals surface area contributed by atoms with Crippen molar-refractivity contribution in [1.29, 1.82) is 0 Å². The lowest BCUT2D eigenvalue weighted by Gasteiger charge is -2.39. The summed E-state index contributed by atoms with van der Waals surface area (Å²) >= 11 is 0. The molecule has 0 bridgehead atoms. The van der Waals surface area contributed by atoms with Gasteiger partial charge in [0.1, 0.15) is 5.76 Å². The first-order valence-electron chi connectivity index (χ1n) is 10.7. The van der Waals surface area contributed by atoms with Crippen LogP contribution < -0.4 is 15.5 Å². The third-order valence-electron chi connectivity index (χ3n) is 5.42. The number of furan rings is 1. The summed E-state index contributed by atoms with van der Waals surface area (Å²) in [6.45, 7) is 8.47. The van der Waals surface area contributed by atoms with E-state index in [9.17, 15) is 9.59 Å². The van der Waals surface area contributed by atoms with Crippen molar-refractivity contribution in [3.8, 4) is 0 Å². The fourth-order valence-electron chi connectivity index (χ4n) is 3.65. The standard InChI is InChI=1S/C23H32N4O3/c1-18(2)10-11-24-22(28)23(29)25-17-20(21-9-6-16-30-21)27-14-12-26(13-15-27)19-7-4-3-5-8-19/h3-9,16,18,20H,10-15,17H2,1-2H3,(H,24,28)(H,25,29)/t20-/m1/s1. The van der Waals surface area contributed by atoms with Gasteiger partial charge in [0.15, 0.2) is 0 Å². The van der Waals surface area contributed by atoms with Crippen molar-refractivity contribution in [1.82, 2.24) is 15.5 Å². The summed E-state index contributed by atoms with van der Waals surface area (Å²) in [5, 5.41) is 5.46. The Morgan fingerprint density at radius 3 is 2.30 bits per heavy atom. The van der Waals surface area contributed by atoms with Crippen molar-refractivity contribution in [2.75, 3.05) is 44.2 Å². The number of nitrogens with one attached hydrogen (secondary N) is 2. The SMILES string of the molecule is CC(C)CCNC(=O)C(=O)NC[C@H](c1ccco1)N1CCN(c2ccccc2)CC1. The van der Waals surface area contributed by atoms with Gasteiger partial charge in [-0.3, -0.25) is 14.5 Å². The number of carbonyl (C=O) groups is 2. The van der Waals surface area contributed by atoms with Gasteiger partial charge in [-0.2, -0.15) is 0 Å². The van der Waals surface area contributed by atoms with Gasteiger partial charge in [-0.15, -0.1) is 0 Å². The highest BCUT2D eigenvalue weighted by atomic mass is 16.3. The smallest absolute Gasteiger partial charge is 0.309 e. The highest BCUT2D eigenvalue weighted by molar-refractivity contribution is 6.35. The van der Waals surface area contributed by atoms with Gasteiger partial charge in [-0.25, -0.2) is 0 Å². The molecule has 1 aliphatic heterocycles. The van der Waals surface area contributed by atoms with Crippen molar-refractivity contribution in [3.63, 3.8) is 0 Å². The van der Waals surface area contributed by atoms with E-state index < -0.39 is 11.8 Å². The predicted octanol–water partition coefficient (Wildman–Crippen LogP) is 2.42. The minimum Gasteiger partial charge on any atom is -0.468 e. The molecule has 162 valence electrons. The first-order chi connectivity index (χ1) is 14.5. The largest absolute Gasteiger partial charge is 0.468 e. The summed E-state index contributed by atoms with van der Waals surface area (Å²) < 4.78 is 5.64. The Morgan fingerprint density at radius 1 is 0.967 bits per heavy atom. The topological polar surface area (TPSA) is 77.8 Å². The molecule has 0 saturated carbocycles. The number of piperazine rings is 1. The predicted molar refractivity (Wildman–Crippen MR) is 117 cm³/mol. The quantitative estimate of drug-likeness (QED) is 0.651. The molecule has 1 saturated heterocycles. The molecule has 1 aliphatic rings.